The first-order valence-electron chi connectivity index (χ1n) is 30.2. The minimum Gasteiger partial charge on any atom is -0.466 e. The summed E-state index contributed by atoms with van der Waals surface area (Å²) in [6.45, 7) is 4.91. The molecule has 0 aromatic heterocycles. The number of aliphatic hydroxyl groups is 2. The van der Waals surface area contributed by atoms with Crippen LogP contribution in [0.25, 0.3) is 0 Å². The number of aliphatic hydroxyl groups excluding tert-OH is 2. The minimum atomic E-state index is -0.676. The molecule has 3 N–H and O–H groups in total. The van der Waals surface area contributed by atoms with Gasteiger partial charge in [0.15, 0.2) is 0 Å². The van der Waals surface area contributed by atoms with Crippen LogP contribution in [0.1, 0.15) is 322 Å². The molecule has 0 aromatic rings. The smallest absolute Gasteiger partial charge is 0.305 e. The van der Waals surface area contributed by atoms with Crippen LogP contribution in [0, 0.1) is 0 Å². The predicted molar refractivity (Wildman–Crippen MR) is 296 cm³/mol. The molecule has 0 rings (SSSR count). The molecule has 0 bridgehead atoms. The second kappa shape index (κ2) is 57.7. The molecule has 0 fully saturated rings. The van der Waals surface area contributed by atoms with Crippen molar-refractivity contribution in [2.75, 3.05) is 13.2 Å². The monoisotopic (exact) mass is 956 g/mol. The van der Waals surface area contributed by atoms with Crippen LogP contribution in [-0.2, 0) is 14.3 Å². The number of carbonyl (C=O) groups is 2. The van der Waals surface area contributed by atoms with Crippen molar-refractivity contribution >= 4 is 11.9 Å². The van der Waals surface area contributed by atoms with Gasteiger partial charge >= 0.3 is 5.97 Å². The van der Waals surface area contributed by atoms with E-state index in [1.807, 2.05) is 0 Å². The summed E-state index contributed by atoms with van der Waals surface area (Å²) in [5.74, 6) is -0.0669. The predicted octanol–water partition coefficient (Wildman–Crippen LogP) is 18.8. The first-order chi connectivity index (χ1) is 33.5. The highest BCUT2D eigenvalue weighted by Crippen LogP contribution is 2.17. The lowest BCUT2D eigenvalue weighted by Crippen LogP contribution is -2.45. The molecule has 0 saturated carbocycles. The van der Waals surface area contributed by atoms with Crippen LogP contribution in [0.2, 0.25) is 0 Å². The van der Waals surface area contributed by atoms with Crippen molar-refractivity contribution in [2.45, 2.75) is 334 Å². The summed E-state index contributed by atoms with van der Waals surface area (Å²) in [4.78, 5) is 24.5. The Morgan fingerprint density at radius 3 is 1.16 bits per heavy atom. The maximum atomic E-state index is 12.5. The number of esters is 1. The summed E-state index contributed by atoms with van der Waals surface area (Å²) < 4.78 is 5.46. The van der Waals surface area contributed by atoms with E-state index in [9.17, 15) is 19.8 Å². The van der Waals surface area contributed by atoms with Crippen molar-refractivity contribution < 1.29 is 24.5 Å². The number of allylic oxidation sites excluding steroid dienone is 6. The van der Waals surface area contributed by atoms with Crippen molar-refractivity contribution in [1.82, 2.24) is 5.32 Å². The summed E-state index contributed by atoms with van der Waals surface area (Å²) in [6, 6.07) is -0.555. The molecule has 0 radical (unpaired) electrons. The van der Waals surface area contributed by atoms with Gasteiger partial charge in [-0.2, -0.15) is 0 Å². The van der Waals surface area contributed by atoms with Gasteiger partial charge in [-0.25, -0.2) is 0 Å². The Kier molecular flexibility index (Phi) is 56.0. The van der Waals surface area contributed by atoms with Crippen LogP contribution < -0.4 is 5.32 Å². The average Bonchev–Trinajstić information content (AvgIpc) is 3.34. The Balaban J connectivity index is 3.47. The van der Waals surface area contributed by atoms with Crippen molar-refractivity contribution in [3.63, 3.8) is 0 Å². The molecule has 0 saturated heterocycles. The van der Waals surface area contributed by atoms with Crippen molar-refractivity contribution in [2.24, 2.45) is 0 Å². The number of nitrogens with one attached hydrogen (secondary N) is 1. The lowest BCUT2D eigenvalue weighted by Gasteiger charge is -2.22. The molecule has 2 unspecified atom stereocenters. The van der Waals surface area contributed by atoms with Crippen LogP contribution >= 0.6 is 0 Å². The maximum Gasteiger partial charge on any atom is 0.305 e. The molecule has 6 heteroatoms. The van der Waals surface area contributed by atoms with Crippen molar-refractivity contribution in [1.29, 1.82) is 0 Å². The third-order valence-corrected chi connectivity index (χ3v) is 13.9. The SMILES string of the molecule is CCCCC/C=C\C/C=C\CCCCCCCC(=O)OCCCCCCCCC/C=C\CCCCCCCC(=O)NC(CO)C(O)CCCCCCCCCCCCCCCCCCCCCC. The van der Waals surface area contributed by atoms with Gasteiger partial charge in [0, 0.05) is 12.8 Å². The highest BCUT2D eigenvalue weighted by molar-refractivity contribution is 5.76. The van der Waals surface area contributed by atoms with Gasteiger partial charge < -0.3 is 20.3 Å². The Bertz CT molecular complexity index is 1100. The lowest BCUT2D eigenvalue weighted by molar-refractivity contribution is -0.143. The Hall–Kier alpha value is -1.92. The van der Waals surface area contributed by atoms with Gasteiger partial charge in [0.25, 0.3) is 0 Å². The molecule has 6 nitrogen and oxygen atoms in total. The van der Waals surface area contributed by atoms with Gasteiger partial charge in [-0.05, 0) is 83.5 Å². The zero-order valence-electron chi connectivity index (χ0n) is 45.6. The summed E-state index contributed by atoms with van der Waals surface area (Å²) in [5, 5.41) is 23.3. The molecule has 0 heterocycles. The van der Waals surface area contributed by atoms with Crippen LogP contribution in [0.3, 0.4) is 0 Å². The number of hydrogen-bond acceptors (Lipinski definition) is 5. The molecule has 2 atom stereocenters. The summed E-state index contributed by atoms with van der Waals surface area (Å²) in [5.41, 5.74) is 0. The molecule has 1 amide bonds. The molecule has 68 heavy (non-hydrogen) atoms. The Morgan fingerprint density at radius 1 is 0.412 bits per heavy atom. The zero-order chi connectivity index (χ0) is 49.3. The minimum absolute atomic E-state index is 0.0165. The molecule has 0 aliphatic carbocycles. The van der Waals surface area contributed by atoms with Crippen molar-refractivity contribution in [3.8, 4) is 0 Å². The number of hydrogen-bond donors (Lipinski definition) is 3. The van der Waals surface area contributed by atoms with Crippen molar-refractivity contribution in [3.05, 3.63) is 36.5 Å². The number of amides is 1. The lowest BCUT2D eigenvalue weighted by atomic mass is 10.0. The van der Waals surface area contributed by atoms with E-state index in [1.165, 1.54) is 218 Å². The van der Waals surface area contributed by atoms with E-state index in [4.69, 9.17) is 4.74 Å². The van der Waals surface area contributed by atoms with E-state index in [1.54, 1.807) is 0 Å². The van der Waals surface area contributed by atoms with Gasteiger partial charge in [0.1, 0.15) is 0 Å². The van der Waals surface area contributed by atoms with E-state index in [-0.39, 0.29) is 18.5 Å². The fraction of sp³-hybridized carbons (Fsp3) is 0.871. The zero-order valence-corrected chi connectivity index (χ0v) is 45.6. The van der Waals surface area contributed by atoms with Gasteiger partial charge in [0.05, 0.1) is 25.4 Å². The van der Waals surface area contributed by atoms with E-state index >= 15 is 0 Å². The third-order valence-electron chi connectivity index (χ3n) is 13.9. The first-order valence-corrected chi connectivity index (χ1v) is 30.2. The van der Waals surface area contributed by atoms with Gasteiger partial charge in [-0.15, -0.1) is 0 Å². The number of rotatable bonds is 56. The topological polar surface area (TPSA) is 95.9 Å². The molecule has 0 aromatic carbocycles. The summed E-state index contributed by atoms with van der Waals surface area (Å²) in [6.07, 6.45) is 71.4. The normalized spacial score (nSPS) is 12.8. The maximum absolute atomic E-state index is 12.5. The van der Waals surface area contributed by atoms with Gasteiger partial charge in [-0.3, -0.25) is 9.59 Å². The highest BCUT2D eigenvalue weighted by atomic mass is 16.5. The van der Waals surface area contributed by atoms with Gasteiger partial charge in [0.2, 0.25) is 5.91 Å². The van der Waals surface area contributed by atoms with E-state index in [2.05, 4.69) is 55.6 Å². The van der Waals surface area contributed by atoms with Gasteiger partial charge in [-0.1, -0.05) is 262 Å². The fourth-order valence-electron chi connectivity index (χ4n) is 9.25. The molecule has 400 valence electrons. The van der Waals surface area contributed by atoms with Crippen LogP contribution in [-0.4, -0.2) is 47.4 Å². The van der Waals surface area contributed by atoms with Crippen LogP contribution in [0.15, 0.2) is 36.5 Å². The van der Waals surface area contributed by atoms with Crippen LogP contribution in [0.5, 0.6) is 0 Å². The Morgan fingerprint density at radius 2 is 0.735 bits per heavy atom. The second-order valence-corrected chi connectivity index (χ2v) is 20.7. The Labute approximate surface area is 424 Å². The average molecular weight is 957 g/mol. The molecule has 0 aliphatic heterocycles. The summed E-state index contributed by atoms with van der Waals surface area (Å²) >= 11 is 0. The molecule has 0 aliphatic rings. The van der Waals surface area contributed by atoms with E-state index in [0.717, 1.165) is 70.6 Å². The molecular formula is C62H117NO5. The number of ether oxygens (including phenoxy) is 1. The number of carbonyl (C=O) groups excluding carboxylic acids is 2. The largest absolute Gasteiger partial charge is 0.466 e. The molecule has 0 spiro atoms. The molecular weight excluding hydrogens is 839 g/mol. The van der Waals surface area contributed by atoms with E-state index < -0.39 is 12.1 Å². The second-order valence-electron chi connectivity index (χ2n) is 20.7. The standard InChI is InChI=1S/C62H117NO5/c1-3-5-7-9-11-13-15-17-19-20-21-22-23-27-30-34-38-42-46-50-54-60(65)59(58-64)63-61(66)55-51-47-43-39-35-31-28-24-25-29-33-37-41-45-49-53-57-68-62(67)56-52-48-44-40-36-32-26-18-16-14-12-10-8-6-4-2/h12,14,18,24,26,28,59-60,64-65H,3-11,13,15-17,19-23,25,27,29-58H2,1-2H3,(H,63,66)/b14-12-,26-18-,28-24-. The highest BCUT2D eigenvalue weighted by Gasteiger charge is 2.20. The first kappa shape index (κ1) is 66.1. The van der Waals surface area contributed by atoms with E-state index in [0.29, 0.717) is 25.9 Å². The number of unbranched alkanes of at least 4 members (excludes halogenated alkanes) is 39. The third kappa shape index (κ3) is 53.4. The summed E-state index contributed by atoms with van der Waals surface area (Å²) in [7, 11) is 0. The van der Waals surface area contributed by atoms with Crippen LogP contribution in [0.4, 0.5) is 0 Å². The fourth-order valence-corrected chi connectivity index (χ4v) is 9.25. The quantitative estimate of drug-likeness (QED) is 0.0321.